The van der Waals surface area contributed by atoms with Crippen molar-refractivity contribution >= 4 is 29.9 Å². The normalized spacial score (nSPS) is 14.8. The number of guanidine groups is 1. The first-order valence-corrected chi connectivity index (χ1v) is 10.8. The molecule has 7 nitrogen and oxygen atoms in total. The van der Waals surface area contributed by atoms with Gasteiger partial charge in [-0.25, -0.2) is 4.99 Å². The Morgan fingerprint density at radius 3 is 2.43 bits per heavy atom. The van der Waals surface area contributed by atoms with Crippen LogP contribution in [0.2, 0.25) is 0 Å². The number of hydrogen-bond acceptors (Lipinski definition) is 5. The molecule has 1 aliphatic rings. The fourth-order valence-electron chi connectivity index (χ4n) is 3.09. The highest BCUT2D eigenvalue weighted by Gasteiger charge is 2.09. The van der Waals surface area contributed by atoms with E-state index in [1.165, 1.54) is 6.42 Å². The summed E-state index contributed by atoms with van der Waals surface area (Å²) in [5.41, 5.74) is 1.16. The largest absolute Gasteiger partial charge is 0.497 e. The molecule has 1 aromatic rings. The van der Waals surface area contributed by atoms with E-state index in [9.17, 15) is 0 Å². The van der Waals surface area contributed by atoms with Gasteiger partial charge < -0.3 is 24.8 Å². The van der Waals surface area contributed by atoms with Gasteiger partial charge in [0, 0.05) is 39.4 Å². The molecule has 0 aliphatic carbocycles. The van der Waals surface area contributed by atoms with Crippen LogP contribution >= 0.6 is 24.0 Å². The summed E-state index contributed by atoms with van der Waals surface area (Å²) in [7, 11) is 1.68. The topological polar surface area (TPSA) is 67.3 Å². The second-order valence-electron chi connectivity index (χ2n) is 7.08. The molecule has 30 heavy (non-hydrogen) atoms. The van der Waals surface area contributed by atoms with E-state index in [4.69, 9.17) is 19.2 Å². The number of hydrogen-bond donors (Lipinski definition) is 2. The van der Waals surface area contributed by atoms with Crippen molar-refractivity contribution in [3.8, 4) is 5.75 Å². The molecule has 0 radical (unpaired) electrons. The van der Waals surface area contributed by atoms with Gasteiger partial charge in [-0.1, -0.05) is 12.1 Å². The summed E-state index contributed by atoms with van der Waals surface area (Å²) in [4.78, 5) is 7.22. The van der Waals surface area contributed by atoms with E-state index in [1.54, 1.807) is 7.11 Å². The molecular formula is C22H39IN4O3. The Balaban J connectivity index is 0.00000450. The highest BCUT2D eigenvalue weighted by Crippen LogP contribution is 2.11. The van der Waals surface area contributed by atoms with Crippen LogP contribution in [-0.4, -0.2) is 77.1 Å². The zero-order valence-electron chi connectivity index (χ0n) is 18.5. The van der Waals surface area contributed by atoms with E-state index in [1.807, 2.05) is 19.1 Å². The zero-order chi connectivity index (χ0) is 20.6. The number of ether oxygens (including phenoxy) is 3. The number of nitrogens with zero attached hydrogens (tertiary/aromatic N) is 2. The minimum absolute atomic E-state index is 0. The maximum atomic E-state index is 5.41. The molecule has 0 amide bonds. The third kappa shape index (κ3) is 11.9. The summed E-state index contributed by atoms with van der Waals surface area (Å²) in [6.45, 7) is 11.0. The summed E-state index contributed by atoms with van der Waals surface area (Å²) in [6, 6.07) is 8.05. The third-order valence-electron chi connectivity index (χ3n) is 4.84. The Labute approximate surface area is 199 Å². The standard InChI is InChI=1S/C22H38N4O3.HI/c1-3-28-16-6-12-24-22(25-19-20-7-9-21(27-2)10-8-20)23-11-4-5-13-26-14-17-29-18-15-26;/h7-10H,3-6,11-19H2,1-2H3,(H2,23,24,25);1H. The summed E-state index contributed by atoms with van der Waals surface area (Å²) >= 11 is 0. The lowest BCUT2D eigenvalue weighted by atomic mass is 10.2. The van der Waals surface area contributed by atoms with Gasteiger partial charge in [-0.2, -0.15) is 0 Å². The molecule has 2 rings (SSSR count). The molecule has 0 spiro atoms. The highest BCUT2D eigenvalue weighted by molar-refractivity contribution is 14.0. The number of unbranched alkanes of at least 4 members (excludes halogenated alkanes) is 1. The molecule has 0 saturated carbocycles. The summed E-state index contributed by atoms with van der Waals surface area (Å²) in [6.07, 6.45) is 3.27. The summed E-state index contributed by atoms with van der Waals surface area (Å²) in [5, 5.41) is 6.89. The SMILES string of the molecule is CCOCCCNC(=NCc1ccc(OC)cc1)NCCCCN1CCOCC1.I. The quantitative estimate of drug-likeness (QED) is 0.176. The lowest BCUT2D eigenvalue weighted by Crippen LogP contribution is -2.39. The molecule has 0 unspecified atom stereocenters. The smallest absolute Gasteiger partial charge is 0.191 e. The molecule has 172 valence electrons. The minimum atomic E-state index is 0. The van der Waals surface area contributed by atoms with E-state index in [-0.39, 0.29) is 24.0 Å². The van der Waals surface area contributed by atoms with E-state index in [0.717, 1.165) is 89.3 Å². The van der Waals surface area contributed by atoms with Gasteiger partial charge in [0.25, 0.3) is 0 Å². The van der Waals surface area contributed by atoms with Crippen molar-refractivity contribution in [2.75, 3.05) is 66.3 Å². The Kier molecular flexibility index (Phi) is 15.8. The van der Waals surface area contributed by atoms with Crippen LogP contribution in [0.1, 0.15) is 31.7 Å². The van der Waals surface area contributed by atoms with Crippen LogP contribution < -0.4 is 15.4 Å². The predicted octanol–water partition coefficient (Wildman–Crippen LogP) is 2.89. The second kappa shape index (κ2) is 17.6. The molecule has 1 fully saturated rings. The lowest BCUT2D eigenvalue weighted by Gasteiger charge is -2.26. The van der Waals surface area contributed by atoms with Gasteiger partial charge in [0.15, 0.2) is 5.96 Å². The van der Waals surface area contributed by atoms with Gasteiger partial charge >= 0.3 is 0 Å². The van der Waals surface area contributed by atoms with Gasteiger partial charge in [0.1, 0.15) is 5.75 Å². The lowest BCUT2D eigenvalue weighted by molar-refractivity contribution is 0.0372. The number of aliphatic imine (C=N–C) groups is 1. The molecular weight excluding hydrogens is 495 g/mol. The number of methoxy groups -OCH3 is 1. The van der Waals surface area contributed by atoms with Gasteiger partial charge in [-0.05, 0) is 50.4 Å². The number of rotatable bonds is 13. The van der Waals surface area contributed by atoms with Crippen molar-refractivity contribution < 1.29 is 14.2 Å². The van der Waals surface area contributed by atoms with E-state index >= 15 is 0 Å². The van der Waals surface area contributed by atoms with Crippen LogP contribution in [0.4, 0.5) is 0 Å². The van der Waals surface area contributed by atoms with Crippen LogP contribution in [0.5, 0.6) is 5.75 Å². The minimum Gasteiger partial charge on any atom is -0.497 e. The van der Waals surface area contributed by atoms with Gasteiger partial charge in [-0.15, -0.1) is 24.0 Å². The molecule has 1 aromatic carbocycles. The van der Waals surface area contributed by atoms with Crippen molar-refractivity contribution in [1.82, 2.24) is 15.5 Å². The summed E-state index contributed by atoms with van der Waals surface area (Å²) in [5.74, 6) is 1.73. The van der Waals surface area contributed by atoms with Crippen molar-refractivity contribution in [1.29, 1.82) is 0 Å². The fraction of sp³-hybridized carbons (Fsp3) is 0.682. The molecule has 1 heterocycles. The maximum absolute atomic E-state index is 5.41. The van der Waals surface area contributed by atoms with Gasteiger partial charge in [0.2, 0.25) is 0 Å². The molecule has 1 aliphatic heterocycles. The second-order valence-corrected chi connectivity index (χ2v) is 7.08. The van der Waals surface area contributed by atoms with E-state index in [0.29, 0.717) is 6.54 Å². The van der Waals surface area contributed by atoms with Crippen molar-refractivity contribution in [2.24, 2.45) is 4.99 Å². The molecule has 0 aromatic heterocycles. The maximum Gasteiger partial charge on any atom is 0.191 e. The Hall–Kier alpha value is -1.10. The Morgan fingerprint density at radius 2 is 1.77 bits per heavy atom. The van der Waals surface area contributed by atoms with E-state index < -0.39 is 0 Å². The Bertz CT molecular complexity index is 566. The first kappa shape index (κ1) is 26.9. The predicted molar refractivity (Wildman–Crippen MR) is 133 cm³/mol. The van der Waals surface area contributed by atoms with Gasteiger partial charge in [-0.3, -0.25) is 4.90 Å². The fourth-order valence-corrected chi connectivity index (χ4v) is 3.09. The number of halogens is 1. The van der Waals surface area contributed by atoms with Crippen LogP contribution in [0.25, 0.3) is 0 Å². The monoisotopic (exact) mass is 534 g/mol. The summed E-state index contributed by atoms with van der Waals surface area (Å²) < 4.78 is 16.0. The van der Waals surface area contributed by atoms with Crippen LogP contribution in [-0.2, 0) is 16.0 Å². The van der Waals surface area contributed by atoms with Crippen molar-refractivity contribution in [2.45, 2.75) is 32.7 Å². The Morgan fingerprint density at radius 1 is 1.07 bits per heavy atom. The molecule has 0 bridgehead atoms. The molecule has 2 N–H and O–H groups in total. The van der Waals surface area contributed by atoms with Crippen molar-refractivity contribution in [3.05, 3.63) is 29.8 Å². The third-order valence-corrected chi connectivity index (χ3v) is 4.84. The number of benzene rings is 1. The van der Waals surface area contributed by atoms with Gasteiger partial charge in [0.05, 0.1) is 26.9 Å². The number of nitrogens with one attached hydrogen (secondary N) is 2. The zero-order valence-corrected chi connectivity index (χ0v) is 20.9. The molecule has 1 saturated heterocycles. The van der Waals surface area contributed by atoms with E-state index in [2.05, 4.69) is 27.7 Å². The average Bonchev–Trinajstić information content (AvgIpc) is 2.77. The highest BCUT2D eigenvalue weighted by atomic mass is 127. The first-order valence-electron chi connectivity index (χ1n) is 10.8. The number of morpholine rings is 1. The van der Waals surface area contributed by atoms with Crippen molar-refractivity contribution in [3.63, 3.8) is 0 Å². The first-order chi connectivity index (χ1) is 14.3. The molecule has 8 heteroatoms. The molecule has 0 atom stereocenters. The van der Waals surface area contributed by atoms with Crippen LogP contribution in [0.15, 0.2) is 29.3 Å². The van der Waals surface area contributed by atoms with Crippen LogP contribution in [0, 0.1) is 0 Å². The van der Waals surface area contributed by atoms with Crippen LogP contribution in [0.3, 0.4) is 0 Å². The average molecular weight is 534 g/mol.